The first-order chi connectivity index (χ1) is 10.9. The summed E-state index contributed by atoms with van der Waals surface area (Å²) in [6.07, 6.45) is -4.72. The minimum atomic E-state index is -4.72. The van der Waals surface area contributed by atoms with Crippen molar-refractivity contribution in [1.29, 1.82) is 0 Å². The highest BCUT2D eigenvalue weighted by atomic mass is 32.2. The summed E-state index contributed by atoms with van der Waals surface area (Å²) in [5.41, 5.74) is 1.41. The molecule has 0 saturated heterocycles. The minimum Gasteiger partial charge on any atom is -0.593 e. The predicted molar refractivity (Wildman–Crippen MR) is 78.5 cm³/mol. The van der Waals surface area contributed by atoms with E-state index in [1.165, 1.54) is 24.3 Å². The maximum absolute atomic E-state index is 12.2. The average molecular weight is 343 g/mol. The maximum Gasteiger partial charge on any atom is 0.573 e. The van der Waals surface area contributed by atoms with Crippen LogP contribution in [0, 0.1) is 0 Å². The lowest BCUT2D eigenvalue weighted by molar-refractivity contribution is -0.274. The molecule has 0 aromatic heterocycles. The molecule has 4 nitrogen and oxygen atoms in total. The zero-order valence-electron chi connectivity index (χ0n) is 11.7. The lowest BCUT2D eigenvalue weighted by Gasteiger charge is -2.12. The zero-order chi connectivity index (χ0) is 16.4. The molecular formula is C15H12F3NO3S. The molecule has 0 spiro atoms. The van der Waals surface area contributed by atoms with E-state index < -0.39 is 17.7 Å². The third kappa shape index (κ3) is 3.90. The van der Waals surface area contributed by atoms with E-state index >= 15 is 0 Å². The van der Waals surface area contributed by atoms with Crippen molar-refractivity contribution in [3.8, 4) is 22.6 Å². The summed E-state index contributed by atoms with van der Waals surface area (Å²) in [7, 11) is 0. The summed E-state index contributed by atoms with van der Waals surface area (Å²) in [5.74, 6) is 0.249. The highest BCUT2D eigenvalue weighted by molar-refractivity contribution is 7.89. The van der Waals surface area contributed by atoms with Gasteiger partial charge in [-0.15, -0.1) is 17.9 Å². The Balaban J connectivity index is 1.87. The zero-order valence-corrected chi connectivity index (χ0v) is 12.5. The van der Waals surface area contributed by atoms with Gasteiger partial charge in [-0.3, -0.25) is 0 Å². The molecule has 1 unspecified atom stereocenters. The molecule has 3 rings (SSSR count). The molecule has 0 bridgehead atoms. The Morgan fingerprint density at radius 2 is 1.78 bits per heavy atom. The number of hydrogen-bond acceptors (Lipinski definition) is 4. The van der Waals surface area contributed by atoms with E-state index in [0.29, 0.717) is 29.4 Å². The van der Waals surface area contributed by atoms with Gasteiger partial charge in [0.2, 0.25) is 4.90 Å². The third-order valence-electron chi connectivity index (χ3n) is 3.16. The Kier molecular flexibility index (Phi) is 4.38. The van der Waals surface area contributed by atoms with Gasteiger partial charge in [0.15, 0.2) is 5.75 Å². The Bertz CT molecular complexity index is 691. The molecule has 122 valence electrons. The van der Waals surface area contributed by atoms with Crippen molar-refractivity contribution in [3.05, 3.63) is 42.5 Å². The maximum atomic E-state index is 12.2. The molecule has 0 fully saturated rings. The highest BCUT2D eigenvalue weighted by Crippen LogP contribution is 2.32. The summed E-state index contributed by atoms with van der Waals surface area (Å²) in [4.78, 5) is 0.510. The fourth-order valence-corrected chi connectivity index (χ4v) is 3.14. The molecule has 0 radical (unpaired) electrons. The smallest absolute Gasteiger partial charge is 0.573 e. The van der Waals surface area contributed by atoms with Gasteiger partial charge in [0.25, 0.3) is 0 Å². The van der Waals surface area contributed by atoms with Crippen LogP contribution in [0.25, 0.3) is 11.1 Å². The van der Waals surface area contributed by atoms with Crippen molar-refractivity contribution in [2.24, 2.45) is 0 Å². The number of halogens is 3. The first-order valence-corrected chi connectivity index (χ1v) is 7.86. The van der Waals surface area contributed by atoms with E-state index in [0.717, 1.165) is 5.56 Å². The Morgan fingerprint density at radius 3 is 2.48 bits per heavy atom. The van der Waals surface area contributed by atoms with Crippen LogP contribution in [0.5, 0.6) is 11.5 Å². The first-order valence-electron chi connectivity index (χ1n) is 6.71. The van der Waals surface area contributed by atoms with Gasteiger partial charge < -0.3 is 14.0 Å². The minimum absolute atomic E-state index is 0.287. The predicted octanol–water partition coefficient (Wildman–Crippen LogP) is 3.26. The molecule has 2 aromatic carbocycles. The fourth-order valence-electron chi connectivity index (χ4n) is 2.17. The third-order valence-corrected chi connectivity index (χ3v) is 4.34. The van der Waals surface area contributed by atoms with Gasteiger partial charge in [-0.2, -0.15) is 0 Å². The van der Waals surface area contributed by atoms with Gasteiger partial charge in [-0.25, -0.2) is 0 Å². The van der Waals surface area contributed by atoms with Crippen LogP contribution in [-0.2, 0) is 11.4 Å². The monoisotopic (exact) mass is 343 g/mol. The van der Waals surface area contributed by atoms with Crippen molar-refractivity contribution < 1.29 is 27.2 Å². The molecule has 0 aliphatic carbocycles. The van der Waals surface area contributed by atoms with Crippen molar-refractivity contribution in [2.75, 3.05) is 13.2 Å². The molecule has 2 aromatic rings. The quantitative estimate of drug-likeness (QED) is 0.851. The number of alkyl halides is 3. The summed E-state index contributed by atoms with van der Waals surface area (Å²) in [6, 6.07) is 10.7. The second kappa shape index (κ2) is 6.31. The van der Waals surface area contributed by atoms with Crippen molar-refractivity contribution in [3.63, 3.8) is 0 Å². The second-order valence-corrected chi connectivity index (χ2v) is 6.01. The van der Waals surface area contributed by atoms with E-state index in [-0.39, 0.29) is 5.75 Å². The highest BCUT2D eigenvalue weighted by Gasteiger charge is 2.31. The summed E-state index contributed by atoms with van der Waals surface area (Å²) in [6.45, 7) is 0.891. The van der Waals surface area contributed by atoms with E-state index in [1.807, 2.05) is 0 Å². The lowest BCUT2D eigenvalue weighted by atomic mass is 10.1. The fraction of sp³-hybridized carbons (Fsp3) is 0.200. The first kappa shape index (κ1) is 16.0. The number of rotatable bonds is 2. The van der Waals surface area contributed by atoms with E-state index in [9.17, 15) is 17.7 Å². The molecule has 1 aliphatic rings. The van der Waals surface area contributed by atoms with Crippen molar-refractivity contribution in [1.82, 2.24) is 4.72 Å². The Morgan fingerprint density at radius 1 is 1.09 bits per heavy atom. The Labute approximate surface area is 133 Å². The van der Waals surface area contributed by atoms with E-state index in [2.05, 4.69) is 9.46 Å². The summed E-state index contributed by atoms with van der Waals surface area (Å²) < 4.78 is 60.7. The standard InChI is InChI=1S/C15H12F3NO3S/c16-15(17,18)22-12-4-1-10(2-5-12)11-3-6-13-14(9-11)23(20)19-7-8-21-13/h1-6,9,19H,7-8H2. The number of hydrogen-bond donors (Lipinski definition) is 1. The normalized spacial score (nSPS) is 17.8. The van der Waals surface area contributed by atoms with Crippen LogP contribution in [0.3, 0.4) is 0 Å². The second-order valence-electron chi connectivity index (χ2n) is 4.75. The molecule has 0 amide bonds. The van der Waals surface area contributed by atoms with Gasteiger partial charge in [0.1, 0.15) is 12.4 Å². The average Bonchev–Trinajstić information content (AvgIpc) is 2.68. The van der Waals surface area contributed by atoms with Crippen LogP contribution in [-0.4, -0.2) is 24.1 Å². The van der Waals surface area contributed by atoms with Gasteiger partial charge in [-0.1, -0.05) is 18.2 Å². The van der Waals surface area contributed by atoms with Crippen LogP contribution in [0.4, 0.5) is 13.2 Å². The molecule has 1 aliphatic heterocycles. The summed E-state index contributed by atoms with van der Waals surface area (Å²) in [5, 5.41) is 0. The molecule has 0 saturated carbocycles. The summed E-state index contributed by atoms with van der Waals surface area (Å²) >= 11 is -1.38. The molecule has 1 N–H and O–H groups in total. The number of ether oxygens (including phenoxy) is 2. The molecule has 1 atom stereocenters. The molecular weight excluding hydrogens is 331 g/mol. The molecule has 1 heterocycles. The van der Waals surface area contributed by atoms with Gasteiger partial charge in [0, 0.05) is 6.07 Å². The largest absolute Gasteiger partial charge is 0.593 e. The van der Waals surface area contributed by atoms with Crippen LogP contribution < -0.4 is 14.2 Å². The van der Waals surface area contributed by atoms with E-state index in [4.69, 9.17) is 4.74 Å². The van der Waals surface area contributed by atoms with Crippen LogP contribution in [0.15, 0.2) is 47.4 Å². The number of benzene rings is 2. The SMILES string of the molecule is [O-][S+]1NCCOc2ccc(-c3ccc(OC(F)(F)F)cc3)cc21. The topological polar surface area (TPSA) is 53.5 Å². The van der Waals surface area contributed by atoms with Crippen LogP contribution in [0.1, 0.15) is 0 Å². The van der Waals surface area contributed by atoms with Gasteiger partial charge in [-0.05, 0) is 29.3 Å². The number of nitrogens with one attached hydrogen (secondary N) is 1. The molecule has 23 heavy (non-hydrogen) atoms. The van der Waals surface area contributed by atoms with E-state index in [1.54, 1.807) is 18.2 Å². The number of fused-ring (bicyclic) bond motifs is 1. The van der Waals surface area contributed by atoms with Crippen molar-refractivity contribution in [2.45, 2.75) is 11.3 Å². The van der Waals surface area contributed by atoms with Crippen LogP contribution in [0.2, 0.25) is 0 Å². The van der Waals surface area contributed by atoms with Crippen molar-refractivity contribution >= 4 is 11.4 Å². The Hall–Kier alpha value is -1.90. The molecule has 8 heteroatoms. The van der Waals surface area contributed by atoms with Gasteiger partial charge in [0.05, 0.1) is 17.9 Å². The van der Waals surface area contributed by atoms with Gasteiger partial charge >= 0.3 is 6.36 Å². The van der Waals surface area contributed by atoms with Crippen LogP contribution >= 0.6 is 0 Å². The lowest BCUT2D eigenvalue weighted by Crippen LogP contribution is -2.24.